The Morgan fingerprint density at radius 3 is 3.00 bits per heavy atom. The van der Waals surface area contributed by atoms with Gasteiger partial charge in [-0.1, -0.05) is 6.58 Å². The molecule has 4 nitrogen and oxygen atoms in total. The molecule has 0 aromatic rings. The van der Waals surface area contributed by atoms with Crippen molar-refractivity contribution in [2.45, 2.75) is 19.3 Å². The molecule has 0 aromatic carbocycles. The van der Waals surface area contributed by atoms with Crippen LogP contribution in [0.1, 0.15) is 6.42 Å². The molecule has 13 heavy (non-hydrogen) atoms. The third-order valence-corrected chi connectivity index (χ3v) is 2.15. The highest BCUT2D eigenvalue weighted by Crippen LogP contribution is 2.13. The number of rotatable bonds is 3. The molecule has 0 saturated carbocycles. The Kier molecular flexibility index (Phi) is 3.51. The second-order valence-corrected chi connectivity index (χ2v) is 3.18. The van der Waals surface area contributed by atoms with Crippen LogP contribution < -0.4 is 0 Å². The van der Waals surface area contributed by atoms with Crippen molar-refractivity contribution >= 4 is 13.0 Å². The molecule has 1 fully saturated rings. The zero-order valence-electron chi connectivity index (χ0n) is 7.77. The standard InChI is InChI=1S/C8H14BNO3/c1-3-8(11)13-7-4-5-10(6-7)9(2)12/h3,7,12H,1,4-6H2,2H3. The van der Waals surface area contributed by atoms with Gasteiger partial charge < -0.3 is 14.6 Å². The predicted molar refractivity (Wildman–Crippen MR) is 50.1 cm³/mol. The number of carbonyl (C=O) groups excluding carboxylic acids is 1. The van der Waals surface area contributed by atoms with Crippen molar-refractivity contribution in [3.05, 3.63) is 12.7 Å². The Labute approximate surface area is 78.3 Å². The molecule has 0 radical (unpaired) electrons. The Bertz CT molecular complexity index is 208. The molecular formula is C8H14BNO3. The summed E-state index contributed by atoms with van der Waals surface area (Å²) in [6, 6.07) is 0. The van der Waals surface area contributed by atoms with Crippen LogP contribution in [0.15, 0.2) is 12.7 Å². The average Bonchev–Trinajstić information content (AvgIpc) is 2.52. The minimum Gasteiger partial charge on any atom is -0.458 e. The van der Waals surface area contributed by atoms with Crippen molar-refractivity contribution < 1.29 is 14.6 Å². The molecule has 5 heteroatoms. The monoisotopic (exact) mass is 183 g/mol. The SMILES string of the molecule is C=CC(=O)OC1CCN(B(C)O)C1. The van der Waals surface area contributed by atoms with Gasteiger partial charge in [-0.25, -0.2) is 4.79 Å². The maximum absolute atomic E-state index is 10.8. The van der Waals surface area contributed by atoms with Crippen LogP contribution in [-0.4, -0.2) is 42.0 Å². The summed E-state index contributed by atoms with van der Waals surface area (Å²) in [5, 5.41) is 9.23. The van der Waals surface area contributed by atoms with E-state index >= 15 is 0 Å². The number of hydrogen-bond donors (Lipinski definition) is 1. The molecule has 1 rings (SSSR count). The van der Waals surface area contributed by atoms with Crippen molar-refractivity contribution in [1.29, 1.82) is 0 Å². The highest BCUT2D eigenvalue weighted by atomic mass is 16.5. The van der Waals surface area contributed by atoms with Gasteiger partial charge in [0.2, 0.25) is 0 Å². The van der Waals surface area contributed by atoms with Crippen LogP contribution in [0.5, 0.6) is 0 Å². The van der Waals surface area contributed by atoms with E-state index in [0.717, 1.165) is 19.0 Å². The third kappa shape index (κ3) is 2.86. The Hall–Kier alpha value is -0.805. The molecule has 1 aliphatic heterocycles. The number of nitrogens with zero attached hydrogens (tertiary/aromatic N) is 1. The maximum atomic E-state index is 10.8. The highest BCUT2D eigenvalue weighted by Gasteiger charge is 2.29. The molecule has 0 aliphatic carbocycles. The van der Waals surface area contributed by atoms with E-state index in [1.807, 2.05) is 4.81 Å². The summed E-state index contributed by atoms with van der Waals surface area (Å²) in [6.45, 7) is 6.40. The molecule has 1 saturated heterocycles. The van der Waals surface area contributed by atoms with Gasteiger partial charge >= 0.3 is 13.0 Å². The number of ether oxygens (including phenoxy) is 1. The minimum atomic E-state index is -0.465. The fourth-order valence-electron chi connectivity index (χ4n) is 1.40. The quantitative estimate of drug-likeness (QED) is 0.377. The molecule has 72 valence electrons. The van der Waals surface area contributed by atoms with Crippen molar-refractivity contribution in [1.82, 2.24) is 4.81 Å². The lowest BCUT2D eigenvalue weighted by Gasteiger charge is -2.15. The van der Waals surface area contributed by atoms with Gasteiger partial charge in [0.15, 0.2) is 0 Å². The fraction of sp³-hybridized carbons (Fsp3) is 0.625. The Balaban J connectivity index is 2.33. The summed E-state index contributed by atoms with van der Waals surface area (Å²) in [5.74, 6) is -0.391. The van der Waals surface area contributed by atoms with Crippen LogP contribution in [0.3, 0.4) is 0 Å². The van der Waals surface area contributed by atoms with Crippen LogP contribution in [0.4, 0.5) is 0 Å². The van der Waals surface area contributed by atoms with E-state index in [0.29, 0.717) is 6.54 Å². The Morgan fingerprint density at radius 1 is 1.85 bits per heavy atom. The van der Waals surface area contributed by atoms with Gasteiger partial charge in [-0.15, -0.1) is 0 Å². The summed E-state index contributed by atoms with van der Waals surface area (Å²) in [7, 11) is -0.465. The largest absolute Gasteiger partial charge is 0.458 e. The lowest BCUT2D eigenvalue weighted by Crippen LogP contribution is -2.36. The van der Waals surface area contributed by atoms with Crippen LogP contribution in [-0.2, 0) is 9.53 Å². The second kappa shape index (κ2) is 4.44. The molecule has 0 aromatic heterocycles. The highest BCUT2D eigenvalue weighted by molar-refractivity contribution is 6.45. The number of esters is 1. The van der Waals surface area contributed by atoms with E-state index in [1.54, 1.807) is 6.82 Å². The van der Waals surface area contributed by atoms with Crippen LogP contribution in [0.25, 0.3) is 0 Å². The van der Waals surface area contributed by atoms with E-state index < -0.39 is 13.0 Å². The molecule has 1 unspecified atom stereocenters. The normalized spacial score (nSPS) is 22.8. The smallest absolute Gasteiger partial charge is 0.376 e. The minimum absolute atomic E-state index is 0.0971. The first-order valence-electron chi connectivity index (χ1n) is 4.38. The summed E-state index contributed by atoms with van der Waals surface area (Å²) in [4.78, 5) is 12.7. The van der Waals surface area contributed by atoms with E-state index in [1.165, 1.54) is 0 Å². The molecule has 1 aliphatic rings. The first-order valence-corrected chi connectivity index (χ1v) is 4.38. The van der Waals surface area contributed by atoms with E-state index in [9.17, 15) is 9.82 Å². The van der Waals surface area contributed by atoms with E-state index in [4.69, 9.17) is 4.74 Å². The average molecular weight is 183 g/mol. The van der Waals surface area contributed by atoms with Crippen molar-refractivity contribution in [3.8, 4) is 0 Å². The molecular weight excluding hydrogens is 169 g/mol. The maximum Gasteiger partial charge on any atom is 0.376 e. The number of hydrogen-bond acceptors (Lipinski definition) is 4. The summed E-state index contributed by atoms with van der Waals surface area (Å²) in [5.41, 5.74) is 0. The predicted octanol–water partition coefficient (Wildman–Crippen LogP) is -0.0998. The first-order chi connectivity index (χ1) is 6.13. The fourth-order valence-corrected chi connectivity index (χ4v) is 1.40. The summed E-state index contributed by atoms with van der Waals surface area (Å²) >= 11 is 0. The van der Waals surface area contributed by atoms with Gasteiger partial charge in [0, 0.05) is 12.6 Å². The molecule has 1 heterocycles. The van der Waals surface area contributed by atoms with Crippen LogP contribution in [0.2, 0.25) is 6.82 Å². The second-order valence-electron chi connectivity index (χ2n) is 3.18. The zero-order valence-corrected chi connectivity index (χ0v) is 7.77. The van der Waals surface area contributed by atoms with Gasteiger partial charge in [-0.2, -0.15) is 0 Å². The lowest BCUT2D eigenvalue weighted by molar-refractivity contribution is -0.142. The molecule has 1 atom stereocenters. The van der Waals surface area contributed by atoms with Crippen molar-refractivity contribution in [3.63, 3.8) is 0 Å². The topological polar surface area (TPSA) is 49.8 Å². The zero-order chi connectivity index (χ0) is 9.84. The van der Waals surface area contributed by atoms with Gasteiger partial charge in [-0.05, 0) is 19.8 Å². The molecule has 0 spiro atoms. The van der Waals surface area contributed by atoms with Gasteiger partial charge in [0.05, 0.1) is 0 Å². The van der Waals surface area contributed by atoms with Crippen LogP contribution >= 0.6 is 0 Å². The molecule has 1 N–H and O–H groups in total. The number of carbonyl (C=O) groups is 1. The summed E-state index contributed by atoms with van der Waals surface area (Å²) < 4.78 is 5.03. The van der Waals surface area contributed by atoms with Crippen LogP contribution in [0, 0.1) is 0 Å². The van der Waals surface area contributed by atoms with Gasteiger partial charge in [-0.3, -0.25) is 0 Å². The molecule has 0 amide bonds. The van der Waals surface area contributed by atoms with E-state index in [-0.39, 0.29) is 6.10 Å². The van der Waals surface area contributed by atoms with Gasteiger partial charge in [0.1, 0.15) is 6.10 Å². The van der Waals surface area contributed by atoms with Crippen molar-refractivity contribution in [2.24, 2.45) is 0 Å². The summed E-state index contributed by atoms with van der Waals surface area (Å²) in [6.07, 6.45) is 1.84. The lowest BCUT2D eigenvalue weighted by atomic mass is 9.86. The third-order valence-electron chi connectivity index (χ3n) is 2.15. The first kappa shape index (κ1) is 10.3. The van der Waals surface area contributed by atoms with Gasteiger partial charge in [0.25, 0.3) is 0 Å². The van der Waals surface area contributed by atoms with Crippen molar-refractivity contribution in [2.75, 3.05) is 13.1 Å². The Morgan fingerprint density at radius 2 is 2.54 bits per heavy atom. The molecule has 0 bridgehead atoms. The van der Waals surface area contributed by atoms with E-state index in [2.05, 4.69) is 6.58 Å².